The second kappa shape index (κ2) is 6.67. The molecule has 1 aliphatic carbocycles. The van der Waals surface area contributed by atoms with Gasteiger partial charge < -0.3 is 19.9 Å². The molecule has 1 aromatic carbocycles. The maximum atomic E-state index is 10.4. The Kier molecular flexibility index (Phi) is 4.66. The van der Waals surface area contributed by atoms with E-state index in [2.05, 4.69) is 12.2 Å². The first-order valence-corrected chi connectivity index (χ1v) is 8.09. The Labute approximate surface area is 126 Å². The molecule has 0 spiro atoms. The molecule has 3 rings (SSSR count). The lowest BCUT2D eigenvalue weighted by atomic mass is 9.83. The van der Waals surface area contributed by atoms with E-state index in [1.807, 2.05) is 18.2 Å². The van der Waals surface area contributed by atoms with E-state index in [9.17, 15) is 5.11 Å². The maximum absolute atomic E-state index is 10.4. The van der Waals surface area contributed by atoms with E-state index in [0.29, 0.717) is 12.6 Å². The van der Waals surface area contributed by atoms with E-state index >= 15 is 0 Å². The van der Waals surface area contributed by atoms with Crippen molar-refractivity contribution in [2.24, 2.45) is 5.92 Å². The van der Waals surface area contributed by atoms with E-state index < -0.39 is 6.10 Å². The monoisotopic (exact) mass is 291 g/mol. The molecule has 0 amide bonds. The number of hydrogen-bond acceptors (Lipinski definition) is 4. The van der Waals surface area contributed by atoms with Gasteiger partial charge in [0.15, 0.2) is 11.5 Å². The molecule has 2 N–H and O–H groups in total. The van der Waals surface area contributed by atoms with Gasteiger partial charge in [-0.05, 0) is 36.5 Å². The first kappa shape index (κ1) is 14.7. The van der Waals surface area contributed by atoms with Gasteiger partial charge in [0.05, 0.1) is 6.10 Å². The summed E-state index contributed by atoms with van der Waals surface area (Å²) in [5.41, 5.74) is 0.885. The lowest BCUT2D eigenvalue weighted by Crippen LogP contribution is -2.40. The van der Waals surface area contributed by atoms with Gasteiger partial charge in [0, 0.05) is 12.6 Å². The molecule has 1 fully saturated rings. The van der Waals surface area contributed by atoms with Crippen molar-refractivity contribution < 1.29 is 14.6 Å². The number of aliphatic hydroxyl groups is 1. The topological polar surface area (TPSA) is 50.7 Å². The smallest absolute Gasteiger partial charge is 0.231 e. The normalized spacial score (nSPS) is 25.8. The SMILES string of the molecule is CCC1CCCCC1NCC(O)c1ccc2c(c1)OCO2. The van der Waals surface area contributed by atoms with Gasteiger partial charge in [-0.25, -0.2) is 0 Å². The second-order valence-electron chi connectivity index (χ2n) is 6.10. The average Bonchev–Trinajstić information content (AvgIpc) is 3.00. The van der Waals surface area contributed by atoms with Gasteiger partial charge in [-0.2, -0.15) is 0 Å². The number of hydrogen-bond donors (Lipinski definition) is 2. The fourth-order valence-corrected chi connectivity index (χ4v) is 3.47. The number of nitrogens with one attached hydrogen (secondary N) is 1. The Morgan fingerprint density at radius 3 is 2.90 bits per heavy atom. The van der Waals surface area contributed by atoms with E-state index in [4.69, 9.17) is 9.47 Å². The van der Waals surface area contributed by atoms with Gasteiger partial charge in [0.2, 0.25) is 6.79 Å². The zero-order chi connectivity index (χ0) is 14.7. The van der Waals surface area contributed by atoms with Crippen molar-refractivity contribution in [3.63, 3.8) is 0 Å². The summed E-state index contributed by atoms with van der Waals surface area (Å²) >= 11 is 0. The van der Waals surface area contributed by atoms with Crippen molar-refractivity contribution in [3.05, 3.63) is 23.8 Å². The van der Waals surface area contributed by atoms with Crippen molar-refractivity contribution in [1.82, 2.24) is 5.32 Å². The van der Waals surface area contributed by atoms with Gasteiger partial charge in [-0.3, -0.25) is 0 Å². The highest BCUT2D eigenvalue weighted by atomic mass is 16.7. The quantitative estimate of drug-likeness (QED) is 0.875. The number of rotatable bonds is 5. The molecule has 2 aliphatic rings. The van der Waals surface area contributed by atoms with Gasteiger partial charge >= 0.3 is 0 Å². The Hall–Kier alpha value is -1.26. The van der Waals surface area contributed by atoms with E-state index in [0.717, 1.165) is 23.0 Å². The fourth-order valence-electron chi connectivity index (χ4n) is 3.47. The Morgan fingerprint density at radius 1 is 1.24 bits per heavy atom. The highest BCUT2D eigenvalue weighted by Crippen LogP contribution is 2.34. The summed E-state index contributed by atoms with van der Waals surface area (Å²) in [5, 5.41) is 13.9. The largest absolute Gasteiger partial charge is 0.454 e. The van der Waals surface area contributed by atoms with Crippen molar-refractivity contribution in [2.75, 3.05) is 13.3 Å². The molecular formula is C17H25NO3. The predicted molar refractivity (Wildman–Crippen MR) is 81.6 cm³/mol. The van der Waals surface area contributed by atoms with Crippen LogP contribution in [0.2, 0.25) is 0 Å². The van der Waals surface area contributed by atoms with Gasteiger partial charge in [0.1, 0.15) is 0 Å². The Bertz CT molecular complexity index is 477. The molecule has 1 aromatic rings. The first-order valence-electron chi connectivity index (χ1n) is 8.09. The van der Waals surface area contributed by atoms with E-state index in [-0.39, 0.29) is 6.79 Å². The van der Waals surface area contributed by atoms with Crippen LogP contribution in [0.3, 0.4) is 0 Å². The first-order chi connectivity index (χ1) is 10.3. The van der Waals surface area contributed by atoms with Crippen LogP contribution in [-0.4, -0.2) is 24.5 Å². The molecule has 1 saturated carbocycles. The Balaban J connectivity index is 1.57. The van der Waals surface area contributed by atoms with Crippen molar-refractivity contribution in [2.45, 2.75) is 51.2 Å². The fraction of sp³-hybridized carbons (Fsp3) is 0.647. The molecular weight excluding hydrogens is 266 g/mol. The van der Waals surface area contributed by atoms with Crippen LogP contribution in [0.15, 0.2) is 18.2 Å². The van der Waals surface area contributed by atoms with E-state index in [1.54, 1.807) is 0 Å². The van der Waals surface area contributed by atoms with Gasteiger partial charge in [-0.15, -0.1) is 0 Å². The van der Waals surface area contributed by atoms with Crippen LogP contribution in [0.5, 0.6) is 11.5 Å². The van der Waals surface area contributed by atoms with Crippen LogP contribution < -0.4 is 14.8 Å². The van der Waals surface area contributed by atoms with Crippen LogP contribution in [0, 0.1) is 5.92 Å². The summed E-state index contributed by atoms with van der Waals surface area (Å²) in [6.07, 6.45) is 5.91. The number of fused-ring (bicyclic) bond motifs is 1. The summed E-state index contributed by atoms with van der Waals surface area (Å²) in [5.74, 6) is 2.25. The number of ether oxygens (including phenoxy) is 2. The third-order valence-corrected chi connectivity index (χ3v) is 4.79. The zero-order valence-electron chi connectivity index (χ0n) is 12.7. The van der Waals surface area contributed by atoms with Crippen LogP contribution >= 0.6 is 0 Å². The second-order valence-corrected chi connectivity index (χ2v) is 6.10. The molecule has 3 atom stereocenters. The third kappa shape index (κ3) is 3.33. The summed E-state index contributed by atoms with van der Waals surface area (Å²) in [6, 6.07) is 6.22. The Morgan fingerprint density at radius 2 is 2.05 bits per heavy atom. The molecule has 21 heavy (non-hydrogen) atoms. The maximum Gasteiger partial charge on any atom is 0.231 e. The standard InChI is InChI=1S/C17H25NO3/c1-2-12-5-3-4-6-14(12)18-10-15(19)13-7-8-16-17(9-13)21-11-20-16/h7-9,12,14-15,18-19H,2-6,10-11H2,1H3. The average molecular weight is 291 g/mol. The molecule has 1 heterocycles. The summed E-state index contributed by atoms with van der Waals surface area (Å²) in [4.78, 5) is 0. The van der Waals surface area contributed by atoms with Gasteiger partial charge in [-0.1, -0.05) is 32.3 Å². The minimum atomic E-state index is -0.501. The van der Waals surface area contributed by atoms with Gasteiger partial charge in [0.25, 0.3) is 0 Å². The number of aliphatic hydroxyl groups excluding tert-OH is 1. The summed E-state index contributed by atoms with van der Waals surface area (Å²) in [7, 11) is 0. The highest BCUT2D eigenvalue weighted by Gasteiger charge is 2.24. The van der Waals surface area contributed by atoms with E-state index in [1.165, 1.54) is 32.1 Å². The molecule has 4 heteroatoms. The molecule has 0 radical (unpaired) electrons. The molecule has 4 nitrogen and oxygen atoms in total. The molecule has 0 aromatic heterocycles. The van der Waals surface area contributed by atoms with Crippen molar-refractivity contribution in [3.8, 4) is 11.5 Å². The van der Waals surface area contributed by atoms with Crippen LogP contribution in [0.25, 0.3) is 0 Å². The molecule has 1 aliphatic heterocycles. The lowest BCUT2D eigenvalue weighted by molar-refractivity contribution is 0.153. The molecule has 3 unspecified atom stereocenters. The predicted octanol–water partition coefficient (Wildman–Crippen LogP) is 3.01. The summed E-state index contributed by atoms with van der Waals surface area (Å²) in [6.45, 7) is 3.13. The number of benzene rings is 1. The van der Waals surface area contributed by atoms with Crippen molar-refractivity contribution >= 4 is 0 Å². The molecule has 0 bridgehead atoms. The lowest BCUT2D eigenvalue weighted by Gasteiger charge is -2.32. The molecule has 116 valence electrons. The van der Waals surface area contributed by atoms with Crippen LogP contribution in [0.1, 0.15) is 50.7 Å². The third-order valence-electron chi connectivity index (χ3n) is 4.79. The minimum absolute atomic E-state index is 0.271. The summed E-state index contributed by atoms with van der Waals surface area (Å²) < 4.78 is 10.7. The minimum Gasteiger partial charge on any atom is -0.454 e. The zero-order valence-corrected chi connectivity index (χ0v) is 12.7. The molecule has 0 saturated heterocycles. The van der Waals surface area contributed by atoms with Crippen LogP contribution in [0.4, 0.5) is 0 Å². The highest BCUT2D eigenvalue weighted by molar-refractivity contribution is 5.45. The van der Waals surface area contributed by atoms with Crippen molar-refractivity contribution in [1.29, 1.82) is 0 Å². The van der Waals surface area contributed by atoms with Crippen LogP contribution in [-0.2, 0) is 0 Å².